The third-order valence-electron chi connectivity index (χ3n) is 2.99. The summed E-state index contributed by atoms with van der Waals surface area (Å²) in [6, 6.07) is 6.25. The molecule has 1 aromatic carbocycles. The summed E-state index contributed by atoms with van der Waals surface area (Å²) < 4.78 is 10.8. The molecule has 1 unspecified atom stereocenters. The number of benzene rings is 1. The van der Waals surface area contributed by atoms with Crippen LogP contribution >= 0.6 is 11.8 Å². The molecule has 2 rings (SSSR count). The molecule has 1 aromatic heterocycles. The van der Waals surface area contributed by atoms with Crippen molar-refractivity contribution >= 4 is 11.8 Å². The molecule has 1 N–H and O–H groups in total. The van der Waals surface area contributed by atoms with E-state index in [4.69, 9.17) is 9.15 Å². The fourth-order valence-electron chi connectivity index (χ4n) is 2.04. The van der Waals surface area contributed by atoms with Gasteiger partial charge >= 0.3 is 0 Å². The van der Waals surface area contributed by atoms with E-state index in [2.05, 4.69) is 30.2 Å². The summed E-state index contributed by atoms with van der Waals surface area (Å²) >= 11 is 1.51. The second-order valence-corrected chi connectivity index (χ2v) is 5.44. The summed E-state index contributed by atoms with van der Waals surface area (Å²) in [5.74, 6) is 0.887. The third-order valence-corrected chi connectivity index (χ3v) is 3.94. The number of nitrogens with zero attached hydrogens (tertiary/aromatic N) is 1. The normalized spacial score (nSPS) is 12.3. The summed E-state index contributed by atoms with van der Waals surface area (Å²) in [5, 5.41) is 4.14. The first kappa shape index (κ1) is 14.9. The number of hydrogen-bond donors (Lipinski definition) is 1. The molecule has 4 nitrogen and oxygen atoms in total. The van der Waals surface area contributed by atoms with E-state index in [0.29, 0.717) is 5.22 Å². The maximum absolute atomic E-state index is 5.50. The maximum Gasteiger partial charge on any atom is 0.260 e. The van der Waals surface area contributed by atoms with Crippen LogP contribution in [0.25, 0.3) is 0 Å². The standard InChI is InChI=1S/C15H20N2O2S/c1-4-8-16-11(2)14-12(18-3)6-5-7-13(14)20-15-17-9-10-19-15/h5-7,9-11,16H,4,8H2,1-3H3. The zero-order chi connectivity index (χ0) is 14.4. The van der Waals surface area contributed by atoms with Crippen molar-refractivity contribution in [3.05, 3.63) is 36.2 Å². The molecule has 108 valence electrons. The minimum absolute atomic E-state index is 0.212. The Kier molecular flexibility index (Phi) is 5.49. The molecule has 0 bridgehead atoms. The molecule has 0 spiro atoms. The lowest BCUT2D eigenvalue weighted by molar-refractivity contribution is 0.399. The highest BCUT2D eigenvalue weighted by Gasteiger charge is 2.17. The summed E-state index contributed by atoms with van der Waals surface area (Å²) in [5.41, 5.74) is 1.15. The fourth-order valence-corrected chi connectivity index (χ4v) is 2.97. The second kappa shape index (κ2) is 7.36. The van der Waals surface area contributed by atoms with E-state index in [0.717, 1.165) is 29.2 Å². The number of methoxy groups -OCH3 is 1. The smallest absolute Gasteiger partial charge is 0.260 e. The number of nitrogens with one attached hydrogen (secondary N) is 1. The number of ether oxygens (including phenoxy) is 1. The van der Waals surface area contributed by atoms with Crippen LogP contribution in [0, 0.1) is 0 Å². The lowest BCUT2D eigenvalue weighted by atomic mass is 10.1. The van der Waals surface area contributed by atoms with E-state index in [1.54, 1.807) is 19.6 Å². The van der Waals surface area contributed by atoms with Crippen molar-refractivity contribution in [2.75, 3.05) is 13.7 Å². The van der Waals surface area contributed by atoms with Gasteiger partial charge in [-0.2, -0.15) is 0 Å². The Bertz CT molecular complexity index is 529. The highest BCUT2D eigenvalue weighted by molar-refractivity contribution is 7.99. The van der Waals surface area contributed by atoms with Crippen LogP contribution in [-0.2, 0) is 0 Å². The van der Waals surface area contributed by atoms with Crippen molar-refractivity contribution in [3.8, 4) is 5.75 Å². The molecular formula is C15H20N2O2S. The van der Waals surface area contributed by atoms with Gasteiger partial charge in [-0.1, -0.05) is 13.0 Å². The summed E-state index contributed by atoms with van der Waals surface area (Å²) in [6.45, 7) is 5.28. The quantitative estimate of drug-likeness (QED) is 0.838. The summed E-state index contributed by atoms with van der Waals surface area (Å²) in [6.07, 6.45) is 4.34. The Morgan fingerprint density at radius 1 is 1.45 bits per heavy atom. The van der Waals surface area contributed by atoms with Gasteiger partial charge in [0, 0.05) is 16.5 Å². The van der Waals surface area contributed by atoms with Gasteiger partial charge in [-0.15, -0.1) is 0 Å². The van der Waals surface area contributed by atoms with Gasteiger partial charge in [0.25, 0.3) is 5.22 Å². The number of oxazole rings is 1. The van der Waals surface area contributed by atoms with Crippen LogP contribution in [-0.4, -0.2) is 18.6 Å². The average Bonchev–Trinajstić information content (AvgIpc) is 2.97. The molecule has 0 fully saturated rings. The van der Waals surface area contributed by atoms with Crippen LogP contribution in [0.2, 0.25) is 0 Å². The molecule has 0 aliphatic heterocycles. The first-order valence-corrected chi connectivity index (χ1v) is 7.55. The van der Waals surface area contributed by atoms with Gasteiger partial charge < -0.3 is 14.5 Å². The number of rotatable bonds is 7. The molecule has 5 heteroatoms. The van der Waals surface area contributed by atoms with E-state index in [-0.39, 0.29) is 6.04 Å². The molecule has 0 saturated carbocycles. The van der Waals surface area contributed by atoms with E-state index in [1.807, 2.05) is 12.1 Å². The first-order valence-electron chi connectivity index (χ1n) is 6.73. The lowest BCUT2D eigenvalue weighted by Gasteiger charge is -2.19. The highest BCUT2D eigenvalue weighted by atomic mass is 32.2. The minimum Gasteiger partial charge on any atom is -0.496 e. The van der Waals surface area contributed by atoms with Crippen LogP contribution in [0.4, 0.5) is 0 Å². The number of aromatic nitrogens is 1. The van der Waals surface area contributed by atoms with E-state index >= 15 is 0 Å². The summed E-state index contributed by atoms with van der Waals surface area (Å²) in [7, 11) is 1.70. The Labute approximate surface area is 123 Å². The Balaban J connectivity index is 2.30. The topological polar surface area (TPSA) is 47.3 Å². The Morgan fingerprint density at radius 2 is 2.30 bits per heavy atom. The Hall–Kier alpha value is -1.46. The minimum atomic E-state index is 0.212. The first-order chi connectivity index (χ1) is 9.76. The van der Waals surface area contributed by atoms with E-state index in [9.17, 15) is 0 Å². The molecule has 2 aromatic rings. The fraction of sp³-hybridized carbons (Fsp3) is 0.400. The zero-order valence-electron chi connectivity index (χ0n) is 12.1. The van der Waals surface area contributed by atoms with Gasteiger partial charge in [-0.25, -0.2) is 4.98 Å². The summed E-state index contributed by atoms with van der Waals surface area (Å²) in [4.78, 5) is 5.26. The van der Waals surface area contributed by atoms with Crippen LogP contribution in [0.5, 0.6) is 5.75 Å². The van der Waals surface area contributed by atoms with Crippen LogP contribution in [0.1, 0.15) is 31.9 Å². The van der Waals surface area contributed by atoms with Gasteiger partial charge in [0.2, 0.25) is 0 Å². The molecule has 1 atom stereocenters. The molecule has 1 heterocycles. The molecular weight excluding hydrogens is 272 g/mol. The Morgan fingerprint density at radius 3 is 2.95 bits per heavy atom. The predicted molar refractivity (Wildman–Crippen MR) is 80.3 cm³/mol. The molecule has 0 radical (unpaired) electrons. The van der Waals surface area contributed by atoms with Crippen LogP contribution in [0.3, 0.4) is 0 Å². The maximum atomic E-state index is 5.50. The molecule has 0 aliphatic rings. The molecule has 0 amide bonds. The van der Waals surface area contributed by atoms with Crippen molar-refractivity contribution < 1.29 is 9.15 Å². The van der Waals surface area contributed by atoms with E-state index in [1.165, 1.54) is 11.8 Å². The molecule has 0 aliphatic carbocycles. The van der Waals surface area contributed by atoms with Crippen molar-refractivity contribution in [1.29, 1.82) is 0 Å². The van der Waals surface area contributed by atoms with Crippen molar-refractivity contribution in [3.63, 3.8) is 0 Å². The van der Waals surface area contributed by atoms with Crippen molar-refractivity contribution in [2.24, 2.45) is 0 Å². The van der Waals surface area contributed by atoms with Gasteiger partial charge in [-0.05, 0) is 43.8 Å². The van der Waals surface area contributed by atoms with Crippen LogP contribution in [0.15, 0.2) is 45.2 Å². The zero-order valence-corrected chi connectivity index (χ0v) is 12.9. The highest BCUT2D eigenvalue weighted by Crippen LogP contribution is 2.37. The third kappa shape index (κ3) is 3.55. The largest absolute Gasteiger partial charge is 0.496 e. The van der Waals surface area contributed by atoms with Gasteiger partial charge in [0.15, 0.2) is 0 Å². The van der Waals surface area contributed by atoms with Crippen molar-refractivity contribution in [1.82, 2.24) is 10.3 Å². The molecule has 20 heavy (non-hydrogen) atoms. The van der Waals surface area contributed by atoms with Gasteiger partial charge in [-0.3, -0.25) is 0 Å². The monoisotopic (exact) mass is 292 g/mol. The number of hydrogen-bond acceptors (Lipinski definition) is 5. The lowest BCUT2D eigenvalue weighted by Crippen LogP contribution is -2.20. The van der Waals surface area contributed by atoms with Crippen LogP contribution < -0.4 is 10.1 Å². The average molecular weight is 292 g/mol. The van der Waals surface area contributed by atoms with Gasteiger partial charge in [0.1, 0.15) is 12.0 Å². The second-order valence-electron chi connectivity index (χ2n) is 4.45. The van der Waals surface area contributed by atoms with Gasteiger partial charge in [0.05, 0.1) is 13.3 Å². The predicted octanol–water partition coefficient (Wildman–Crippen LogP) is 3.90. The SMILES string of the molecule is CCCNC(C)c1c(OC)cccc1Sc1ncco1. The molecule has 0 saturated heterocycles. The van der Waals surface area contributed by atoms with E-state index < -0.39 is 0 Å². The van der Waals surface area contributed by atoms with Crippen molar-refractivity contribution in [2.45, 2.75) is 36.4 Å².